The van der Waals surface area contributed by atoms with Crippen LogP contribution in [-0.2, 0) is 16.2 Å². The van der Waals surface area contributed by atoms with Crippen molar-refractivity contribution >= 4 is 11.7 Å². The molecule has 0 spiro atoms. The SMILES string of the molecule is Cc1ccc(COc2ccc(OC/C(=N\OC3CCCCO3)c3cc(C(=O)O)ccn3)cc2)cc1. The zero-order chi connectivity index (χ0) is 24.5. The summed E-state index contributed by atoms with van der Waals surface area (Å²) in [4.78, 5) is 21.2. The fourth-order valence-electron chi connectivity index (χ4n) is 3.42. The standard InChI is InChI=1S/C27H28N2O6/c1-19-5-7-20(8-6-19)17-33-22-9-11-23(12-10-22)34-18-25(29-35-26-4-2-3-15-32-26)24-16-21(27(30)31)13-14-28-24/h5-14,16,26H,2-4,15,17-18H2,1H3,(H,30,31)/b29-25+. The smallest absolute Gasteiger partial charge is 0.335 e. The highest BCUT2D eigenvalue weighted by molar-refractivity contribution is 6.01. The summed E-state index contributed by atoms with van der Waals surface area (Å²) in [6, 6.07) is 18.3. The van der Waals surface area contributed by atoms with Gasteiger partial charge in [-0.25, -0.2) is 4.79 Å². The van der Waals surface area contributed by atoms with Crippen molar-refractivity contribution in [2.45, 2.75) is 39.1 Å². The summed E-state index contributed by atoms with van der Waals surface area (Å²) in [6.07, 6.45) is 3.71. The van der Waals surface area contributed by atoms with E-state index in [1.165, 1.54) is 23.9 Å². The number of aromatic carboxylic acids is 1. The van der Waals surface area contributed by atoms with Crippen molar-refractivity contribution in [1.29, 1.82) is 0 Å². The van der Waals surface area contributed by atoms with Crippen molar-refractivity contribution in [1.82, 2.24) is 4.98 Å². The van der Waals surface area contributed by atoms with Crippen LogP contribution in [-0.4, -0.2) is 41.3 Å². The van der Waals surface area contributed by atoms with Gasteiger partial charge in [0.05, 0.1) is 17.9 Å². The minimum atomic E-state index is -1.05. The first-order valence-corrected chi connectivity index (χ1v) is 11.5. The molecule has 1 aromatic heterocycles. The van der Waals surface area contributed by atoms with E-state index >= 15 is 0 Å². The largest absolute Gasteiger partial charge is 0.489 e. The van der Waals surface area contributed by atoms with Gasteiger partial charge in [0.1, 0.15) is 30.4 Å². The van der Waals surface area contributed by atoms with E-state index in [9.17, 15) is 9.90 Å². The molecular formula is C27H28N2O6. The maximum Gasteiger partial charge on any atom is 0.335 e. The van der Waals surface area contributed by atoms with E-state index in [4.69, 9.17) is 19.0 Å². The molecule has 3 aromatic rings. The molecular weight excluding hydrogens is 448 g/mol. The van der Waals surface area contributed by atoms with Crippen LogP contribution in [0.5, 0.6) is 11.5 Å². The molecule has 1 saturated heterocycles. The summed E-state index contributed by atoms with van der Waals surface area (Å²) in [7, 11) is 0. The Morgan fingerprint density at radius 2 is 1.80 bits per heavy atom. The molecule has 4 rings (SSSR count). The lowest BCUT2D eigenvalue weighted by molar-refractivity contribution is -0.162. The fourth-order valence-corrected chi connectivity index (χ4v) is 3.42. The molecule has 1 aliphatic rings. The van der Waals surface area contributed by atoms with Crippen LogP contribution in [0.4, 0.5) is 0 Å². The Labute approximate surface area is 204 Å². The summed E-state index contributed by atoms with van der Waals surface area (Å²) < 4.78 is 17.3. The maximum atomic E-state index is 11.4. The molecule has 1 aliphatic heterocycles. The van der Waals surface area contributed by atoms with Crippen LogP contribution >= 0.6 is 0 Å². The molecule has 0 aliphatic carbocycles. The number of benzene rings is 2. The van der Waals surface area contributed by atoms with E-state index in [0.717, 1.165) is 30.6 Å². The Kier molecular flexibility index (Phi) is 8.30. The summed E-state index contributed by atoms with van der Waals surface area (Å²) in [5.74, 6) is 0.274. The summed E-state index contributed by atoms with van der Waals surface area (Å²) >= 11 is 0. The second-order valence-electron chi connectivity index (χ2n) is 8.21. The number of aromatic nitrogens is 1. The molecule has 0 amide bonds. The molecule has 35 heavy (non-hydrogen) atoms. The van der Waals surface area contributed by atoms with Gasteiger partial charge in [-0.15, -0.1) is 0 Å². The van der Waals surface area contributed by atoms with Gasteiger partial charge in [0.25, 0.3) is 0 Å². The lowest BCUT2D eigenvalue weighted by Crippen LogP contribution is -2.22. The first kappa shape index (κ1) is 24.2. The summed E-state index contributed by atoms with van der Waals surface area (Å²) in [5, 5.41) is 13.5. The van der Waals surface area contributed by atoms with Gasteiger partial charge in [0.2, 0.25) is 6.29 Å². The fraction of sp³-hybridized carbons (Fsp3) is 0.296. The molecule has 2 aromatic carbocycles. The van der Waals surface area contributed by atoms with Crippen LogP contribution in [0, 0.1) is 6.92 Å². The number of carbonyl (C=O) groups is 1. The van der Waals surface area contributed by atoms with E-state index in [-0.39, 0.29) is 12.2 Å². The predicted octanol–water partition coefficient (Wildman–Crippen LogP) is 4.99. The molecule has 182 valence electrons. The highest BCUT2D eigenvalue weighted by Crippen LogP contribution is 2.20. The predicted molar refractivity (Wildman–Crippen MR) is 130 cm³/mol. The quantitative estimate of drug-likeness (QED) is 0.325. The van der Waals surface area contributed by atoms with Crippen LogP contribution < -0.4 is 9.47 Å². The summed E-state index contributed by atoms with van der Waals surface area (Å²) in [5.41, 5.74) is 3.13. The average Bonchev–Trinajstić information content (AvgIpc) is 2.90. The van der Waals surface area contributed by atoms with E-state index < -0.39 is 12.3 Å². The normalized spacial score (nSPS) is 15.9. The van der Waals surface area contributed by atoms with Gasteiger partial charge in [0.15, 0.2) is 0 Å². The van der Waals surface area contributed by atoms with Crippen molar-refractivity contribution in [3.63, 3.8) is 0 Å². The number of rotatable bonds is 10. The van der Waals surface area contributed by atoms with Crippen LogP contribution in [0.1, 0.15) is 46.4 Å². The minimum Gasteiger partial charge on any atom is -0.489 e. The number of oxime groups is 1. The molecule has 1 unspecified atom stereocenters. The van der Waals surface area contributed by atoms with Gasteiger partial charge in [-0.05, 0) is 61.7 Å². The molecule has 0 bridgehead atoms. The van der Waals surface area contributed by atoms with Crippen molar-refractivity contribution in [2.75, 3.05) is 13.2 Å². The average molecular weight is 477 g/mol. The van der Waals surface area contributed by atoms with Gasteiger partial charge in [-0.3, -0.25) is 4.98 Å². The van der Waals surface area contributed by atoms with Crippen LogP contribution in [0.25, 0.3) is 0 Å². The zero-order valence-electron chi connectivity index (χ0n) is 19.6. The molecule has 0 saturated carbocycles. The first-order chi connectivity index (χ1) is 17.1. The molecule has 1 fully saturated rings. The van der Waals surface area contributed by atoms with Crippen molar-refractivity contribution < 1.29 is 28.9 Å². The Balaban J connectivity index is 1.40. The number of ether oxygens (including phenoxy) is 3. The summed E-state index contributed by atoms with van der Waals surface area (Å²) in [6.45, 7) is 3.18. The molecule has 2 heterocycles. The number of carboxylic acid groups (broad SMARTS) is 1. The van der Waals surface area contributed by atoms with Crippen LogP contribution in [0.2, 0.25) is 0 Å². The maximum absolute atomic E-state index is 11.4. The minimum absolute atomic E-state index is 0.0341. The Hall–Kier alpha value is -3.91. The number of aryl methyl sites for hydroxylation is 1. The van der Waals surface area contributed by atoms with Crippen molar-refractivity contribution in [3.8, 4) is 11.5 Å². The lowest BCUT2D eigenvalue weighted by Gasteiger charge is -2.20. The van der Waals surface area contributed by atoms with Gasteiger partial charge in [0, 0.05) is 12.6 Å². The van der Waals surface area contributed by atoms with Crippen LogP contribution in [0.3, 0.4) is 0 Å². The van der Waals surface area contributed by atoms with Gasteiger partial charge in [-0.2, -0.15) is 0 Å². The molecule has 8 heteroatoms. The molecule has 8 nitrogen and oxygen atoms in total. The van der Waals surface area contributed by atoms with Gasteiger partial charge < -0.3 is 24.2 Å². The number of carboxylic acids is 1. The number of hydrogen-bond donors (Lipinski definition) is 1. The van der Waals surface area contributed by atoms with Crippen LogP contribution in [0.15, 0.2) is 72.0 Å². The third-order valence-corrected chi connectivity index (χ3v) is 5.45. The monoisotopic (exact) mass is 476 g/mol. The number of pyridine rings is 1. The van der Waals surface area contributed by atoms with E-state index in [1.807, 2.05) is 31.2 Å². The first-order valence-electron chi connectivity index (χ1n) is 11.5. The molecule has 0 radical (unpaired) electrons. The van der Waals surface area contributed by atoms with Crippen molar-refractivity contribution in [2.24, 2.45) is 5.16 Å². The number of hydrogen-bond acceptors (Lipinski definition) is 7. The van der Waals surface area contributed by atoms with Gasteiger partial charge >= 0.3 is 5.97 Å². The van der Waals surface area contributed by atoms with Gasteiger partial charge in [-0.1, -0.05) is 35.0 Å². The number of nitrogens with zero attached hydrogens (tertiary/aromatic N) is 2. The third kappa shape index (κ3) is 7.28. The zero-order valence-corrected chi connectivity index (χ0v) is 19.6. The molecule has 1 N–H and O–H groups in total. The second kappa shape index (κ2) is 12.0. The van der Waals surface area contributed by atoms with E-state index in [2.05, 4.69) is 22.3 Å². The van der Waals surface area contributed by atoms with E-state index in [0.29, 0.717) is 30.4 Å². The topological polar surface area (TPSA) is 99.5 Å². The van der Waals surface area contributed by atoms with Crippen molar-refractivity contribution in [3.05, 3.63) is 89.2 Å². The highest BCUT2D eigenvalue weighted by atomic mass is 16.8. The Morgan fingerprint density at radius 3 is 2.49 bits per heavy atom. The third-order valence-electron chi connectivity index (χ3n) is 5.45. The highest BCUT2D eigenvalue weighted by Gasteiger charge is 2.17. The second-order valence-corrected chi connectivity index (χ2v) is 8.21. The van der Waals surface area contributed by atoms with E-state index in [1.54, 1.807) is 12.1 Å². The lowest BCUT2D eigenvalue weighted by atomic mass is 10.2. The molecule has 1 atom stereocenters. The Bertz CT molecular complexity index is 1140. The Morgan fingerprint density at radius 1 is 1.06 bits per heavy atom.